The summed E-state index contributed by atoms with van der Waals surface area (Å²) in [7, 11) is 0. The van der Waals surface area contributed by atoms with Crippen LogP contribution in [0, 0.1) is 6.92 Å². The minimum atomic E-state index is -0.305. The molecule has 0 spiro atoms. The summed E-state index contributed by atoms with van der Waals surface area (Å²) in [5.74, 6) is 2.22. The van der Waals surface area contributed by atoms with E-state index in [4.69, 9.17) is 4.42 Å². The number of thiazole rings is 1. The van der Waals surface area contributed by atoms with Crippen LogP contribution in [0.4, 0.5) is 15.6 Å². The lowest BCUT2D eigenvalue weighted by molar-refractivity contribution is 0.262. The molecule has 2 aromatic heterocycles. The highest BCUT2D eigenvalue weighted by Gasteiger charge is 2.10. The number of nitrogens with one attached hydrogen (secondary N) is 2. The summed E-state index contributed by atoms with van der Waals surface area (Å²) in [6, 6.07) is 7.31. The highest BCUT2D eigenvalue weighted by molar-refractivity contribution is 8.00. The van der Waals surface area contributed by atoms with Crippen molar-refractivity contribution in [1.29, 1.82) is 0 Å². The lowest BCUT2D eigenvalue weighted by Crippen LogP contribution is -2.19. The monoisotopic (exact) mass is 374 g/mol. The molecule has 0 atom stereocenters. The Morgan fingerprint density at radius 3 is 2.84 bits per heavy atom. The number of amides is 2. The van der Waals surface area contributed by atoms with Crippen LogP contribution in [0.1, 0.15) is 24.1 Å². The van der Waals surface area contributed by atoms with Gasteiger partial charge in [0.2, 0.25) is 5.89 Å². The highest BCUT2D eigenvalue weighted by Crippen LogP contribution is 2.30. The molecular weight excluding hydrogens is 356 g/mol. The van der Waals surface area contributed by atoms with E-state index in [9.17, 15) is 4.79 Å². The van der Waals surface area contributed by atoms with Gasteiger partial charge in [-0.2, -0.15) is 0 Å². The number of para-hydroxylation sites is 1. The third kappa shape index (κ3) is 4.83. The predicted octanol–water partition coefficient (Wildman–Crippen LogP) is 4.94. The van der Waals surface area contributed by atoms with Crippen molar-refractivity contribution in [2.75, 3.05) is 10.6 Å². The minimum Gasteiger partial charge on any atom is -0.445 e. The van der Waals surface area contributed by atoms with Crippen molar-refractivity contribution in [3.05, 3.63) is 53.9 Å². The average Bonchev–Trinajstić information content (AvgIpc) is 3.24. The lowest BCUT2D eigenvalue weighted by Gasteiger charge is -2.07. The van der Waals surface area contributed by atoms with Crippen molar-refractivity contribution < 1.29 is 9.21 Å². The Bertz CT molecular complexity index is 860. The zero-order valence-electron chi connectivity index (χ0n) is 13.9. The zero-order valence-corrected chi connectivity index (χ0v) is 15.5. The van der Waals surface area contributed by atoms with E-state index in [1.165, 1.54) is 11.3 Å². The van der Waals surface area contributed by atoms with Crippen LogP contribution in [0.15, 0.2) is 45.3 Å². The molecule has 0 aliphatic heterocycles. The topological polar surface area (TPSA) is 80.0 Å². The summed E-state index contributed by atoms with van der Waals surface area (Å²) < 4.78 is 6.56. The maximum Gasteiger partial charge on any atom is 0.325 e. The largest absolute Gasteiger partial charge is 0.445 e. The number of carbonyl (C=O) groups is 1. The Hall–Kier alpha value is -2.32. The third-order valence-corrected chi connectivity index (χ3v) is 5.48. The van der Waals surface area contributed by atoms with Gasteiger partial charge in [-0.05, 0) is 18.6 Å². The van der Waals surface area contributed by atoms with Crippen LogP contribution in [0.2, 0.25) is 0 Å². The van der Waals surface area contributed by atoms with Gasteiger partial charge in [-0.3, -0.25) is 5.32 Å². The number of rotatable bonds is 6. The Balaban J connectivity index is 1.52. The molecule has 2 N–H and O–H groups in total. The number of aryl methyl sites for hydroxylation is 2. The molecule has 2 amide bonds. The van der Waals surface area contributed by atoms with Crippen molar-refractivity contribution >= 4 is 39.9 Å². The van der Waals surface area contributed by atoms with Gasteiger partial charge in [0, 0.05) is 12.1 Å². The van der Waals surface area contributed by atoms with Gasteiger partial charge in [0.1, 0.15) is 5.76 Å². The van der Waals surface area contributed by atoms with Crippen LogP contribution in [0.25, 0.3) is 0 Å². The second-order valence-electron chi connectivity index (χ2n) is 5.24. The number of hydrogen-bond acceptors (Lipinski definition) is 6. The van der Waals surface area contributed by atoms with Crippen LogP contribution in [-0.2, 0) is 12.2 Å². The summed E-state index contributed by atoms with van der Waals surface area (Å²) in [6.45, 7) is 3.97. The number of carbonyl (C=O) groups excluding carboxylic acids is 1. The summed E-state index contributed by atoms with van der Waals surface area (Å²) in [5.41, 5.74) is 1.78. The molecule has 8 heteroatoms. The molecule has 0 aliphatic carbocycles. The van der Waals surface area contributed by atoms with E-state index in [1.807, 2.05) is 38.1 Å². The van der Waals surface area contributed by atoms with Gasteiger partial charge in [-0.15, -0.1) is 11.8 Å². The fraction of sp³-hybridized carbons (Fsp3) is 0.235. The molecule has 0 aliphatic rings. The first-order valence-corrected chi connectivity index (χ1v) is 9.60. The number of nitrogens with zero attached hydrogens (tertiary/aromatic N) is 2. The highest BCUT2D eigenvalue weighted by atomic mass is 32.2. The molecule has 3 aromatic rings. The van der Waals surface area contributed by atoms with Crippen LogP contribution < -0.4 is 10.6 Å². The van der Waals surface area contributed by atoms with E-state index in [1.54, 1.807) is 24.2 Å². The summed E-state index contributed by atoms with van der Waals surface area (Å²) in [4.78, 5) is 20.5. The first kappa shape index (κ1) is 17.5. The number of oxazole rings is 1. The van der Waals surface area contributed by atoms with Gasteiger partial charge in [0.15, 0.2) is 5.13 Å². The molecule has 0 unspecified atom stereocenters. The molecule has 25 heavy (non-hydrogen) atoms. The molecule has 2 heterocycles. The fourth-order valence-electron chi connectivity index (χ4n) is 2.06. The molecule has 6 nitrogen and oxygen atoms in total. The number of aromatic nitrogens is 2. The minimum absolute atomic E-state index is 0.305. The van der Waals surface area contributed by atoms with Crippen molar-refractivity contribution in [3.8, 4) is 0 Å². The number of thioether (sulfide) groups is 1. The first-order chi connectivity index (χ1) is 12.1. The maximum atomic E-state index is 12.1. The van der Waals surface area contributed by atoms with E-state index in [2.05, 4.69) is 20.6 Å². The quantitative estimate of drug-likeness (QED) is 0.598. The van der Waals surface area contributed by atoms with Crippen molar-refractivity contribution in [2.24, 2.45) is 0 Å². The molecule has 0 saturated carbocycles. The van der Waals surface area contributed by atoms with Crippen LogP contribution in [0.5, 0.6) is 0 Å². The number of urea groups is 1. The normalized spacial score (nSPS) is 10.6. The first-order valence-electron chi connectivity index (χ1n) is 7.80. The van der Waals surface area contributed by atoms with Crippen LogP contribution in [0.3, 0.4) is 0 Å². The lowest BCUT2D eigenvalue weighted by atomic mass is 10.2. The second-order valence-corrected chi connectivity index (χ2v) is 7.55. The number of hydrogen-bond donors (Lipinski definition) is 2. The number of benzene rings is 1. The summed E-state index contributed by atoms with van der Waals surface area (Å²) >= 11 is 3.00. The smallest absolute Gasteiger partial charge is 0.325 e. The fourth-order valence-corrected chi connectivity index (χ4v) is 3.78. The Kier molecular flexibility index (Phi) is 5.72. The molecule has 0 fully saturated rings. The third-order valence-electron chi connectivity index (χ3n) is 3.39. The van der Waals surface area contributed by atoms with Crippen molar-refractivity contribution in [3.63, 3.8) is 0 Å². The molecule has 0 bridgehead atoms. The van der Waals surface area contributed by atoms with E-state index in [-0.39, 0.29) is 6.03 Å². The van der Waals surface area contributed by atoms with E-state index in [0.717, 1.165) is 27.6 Å². The summed E-state index contributed by atoms with van der Waals surface area (Å²) in [5, 5.41) is 6.13. The van der Waals surface area contributed by atoms with Gasteiger partial charge < -0.3 is 9.73 Å². The van der Waals surface area contributed by atoms with E-state index in [0.29, 0.717) is 16.8 Å². The van der Waals surface area contributed by atoms with Crippen LogP contribution >= 0.6 is 23.1 Å². The zero-order chi connectivity index (χ0) is 17.6. The molecule has 0 saturated heterocycles. The van der Waals surface area contributed by atoms with E-state index < -0.39 is 0 Å². The van der Waals surface area contributed by atoms with Crippen molar-refractivity contribution in [2.45, 2.75) is 30.2 Å². The van der Waals surface area contributed by atoms with Crippen LogP contribution in [-0.4, -0.2) is 16.0 Å². The molecule has 130 valence electrons. The van der Waals surface area contributed by atoms with Gasteiger partial charge in [-0.1, -0.05) is 36.5 Å². The van der Waals surface area contributed by atoms with Gasteiger partial charge in [0.05, 0.1) is 22.4 Å². The maximum absolute atomic E-state index is 12.1. The average molecular weight is 374 g/mol. The molecule has 3 rings (SSSR count). The Morgan fingerprint density at radius 2 is 2.08 bits per heavy atom. The predicted molar refractivity (Wildman–Crippen MR) is 101 cm³/mol. The van der Waals surface area contributed by atoms with Gasteiger partial charge >= 0.3 is 6.03 Å². The Morgan fingerprint density at radius 1 is 1.24 bits per heavy atom. The Labute approximate surface area is 154 Å². The molecule has 1 aromatic carbocycles. The number of anilines is 2. The second kappa shape index (κ2) is 8.17. The van der Waals surface area contributed by atoms with E-state index >= 15 is 0 Å². The van der Waals surface area contributed by atoms with Gasteiger partial charge in [0.25, 0.3) is 0 Å². The van der Waals surface area contributed by atoms with Gasteiger partial charge in [-0.25, -0.2) is 14.8 Å². The van der Waals surface area contributed by atoms with Crippen molar-refractivity contribution in [1.82, 2.24) is 9.97 Å². The standard InChI is InChI=1S/C17H18N4O2S2/c1-3-12-8-18-14(23-12)10-24-15-9-19-17(25-15)21-16(22)20-13-7-5-4-6-11(13)2/h4-9H,3,10H2,1-2H3,(H2,19,20,21,22). The molecule has 0 radical (unpaired) electrons. The molecular formula is C17H18N4O2S2. The SMILES string of the molecule is CCc1cnc(CSc2cnc(NC(=O)Nc3ccccc3C)s2)o1. The summed E-state index contributed by atoms with van der Waals surface area (Å²) in [6.07, 6.45) is 4.33.